The van der Waals surface area contributed by atoms with Gasteiger partial charge in [-0.2, -0.15) is 0 Å². The first-order valence-electron chi connectivity index (χ1n) is 5.40. The smallest absolute Gasteiger partial charge is 0.308 e. The average Bonchev–Trinajstić information content (AvgIpc) is 2.16. The minimum atomic E-state index is -0.998. The third-order valence-corrected chi connectivity index (χ3v) is 3.47. The number of carboxylic acid groups (broad SMARTS) is 2. The number of fused-ring (bicyclic) bond motifs is 3. The van der Waals surface area contributed by atoms with Crippen LogP contribution in [0.25, 0.3) is 0 Å². The van der Waals surface area contributed by atoms with Crippen LogP contribution in [0.3, 0.4) is 0 Å². The van der Waals surface area contributed by atoms with E-state index in [1.807, 2.05) is 24.3 Å². The van der Waals surface area contributed by atoms with Crippen molar-refractivity contribution in [3.8, 4) is 0 Å². The Balaban J connectivity index is 2.40. The Labute approximate surface area is 93.3 Å². The molecule has 0 saturated carbocycles. The Bertz CT molecular complexity index is 335. The van der Waals surface area contributed by atoms with Gasteiger partial charge >= 0.3 is 11.9 Å². The van der Waals surface area contributed by atoms with Crippen LogP contribution in [0.1, 0.15) is 12.8 Å². The van der Waals surface area contributed by atoms with Gasteiger partial charge in [0.2, 0.25) is 0 Å². The Morgan fingerprint density at radius 3 is 1.56 bits per heavy atom. The standard InChI is InChI=1S/C12H14O4/c13-11(14)9-7-3-1-2-4-8(6-5-7)10(9)12(15)16/h1-2,5-10H,3-4H2,(H,13,14)(H,15,16). The largest absolute Gasteiger partial charge is 0.481 e. The predicted molar refractivity (Wildman–Crippen MR) is 56.7 cm³/mol. The molecule has 0 heterocycles. The van der Waals surface area contributed by atoms with Gasteiger partial charge in [-0.25, -0.2) is 0 Å². The molecule has 0 aliphatic heterocycles. The van der Waals surface area contributed by atoms with Crippen LogP contribution in [-0.4, -0.2) is 22.2 Å². The number of carboxylic acids is 2. The maximum Gasteiger partial charge on any atom is 0.308 e. The molecular formula is C12H14O4. The fraction of sp³-hybridized carbons (Fsp3) is 0.500. The molecule has 0 aromatic rings. The van der Waals surface area contributed by atoms with Crippen LogP contribution < -0.4 is 0 Å². The van der Waals surface area contributed by atoms with E-state index < -0.39 is 23.8 Å². The molecule has 0 aromatic heterocycles. The number of carbonyl (C=O) groups is 2. The lowest BCUT2D eigenvalue weighted by Crippen LogP contribution is -2.41. The van der Waals surface area contributed by atoms with Crippen molar-refractivity contribution in [1.29, 1.82) is 0 Å². The van der Waals surface area contributed by atoms with E-state index in [9.17, 15) is 19.8 Å². The molecule has 0 fully saturated rings. The Morgan fingerprint density at radius 2 is 1.25 bits per heavy atom. The number of hydrogen-bond acceptors (Lipinski definition) is 2. The van der Waals surface area contributed by atoms with Crippen molar-refractivity contribution in [1.82, 2.24) is 0 Å². The molecule has 0 aromatic carbocycles. The number of aliphatic carboxylic acids is 2. The molecule has 2 N–H and O–H groups in total. The van der Waals surface area contributed by atoms with Crippen LogP contribution in [-0.2, 0) is 9.59 Å². The number of rotatable bonds is 2. The third-order valence-electron chi connectivity index (χ3n) is 3.47. The summed E-state index contributed by atoms with van der Waals surface area (Å²) in [5.41, 5.74) is 0. The van der Waals surface area contributed by atoms with Gasteiger partial charge in [0.25, 0.3) is 0 Å². The van der Waals surface area contributed by atoms with E-state index in [2.05, 4.69) is 0 Å². The van der Waals surface area contributed by atoms with Gasteiger partial charge in [-0.1, -0.05) is 24.3 Å². The van der Waals surface area contributed by atoms with Gasteiger partial charge in [-0.3, -0.25) is 9.59 Å². The summed E-state index contributed by atoms with van der Waals surface area (Å²) in [6.45, 7) is 0. The highest BCUT2D eigenvalue weighted by Crippen LogP contribution is 2.40. The summed E-state index contributed by atoms with van der Waals surface area (Å²) < 4.78 is 0. The van der Waals surface area contributed by atoms with Crippen molar-refractivity contribution in [2.45, 2.75) is 12.8 Å². The summed E-state index contributed by atoms with van der Waals surface area (Å²) in [4.78, 5) is 22.4. The molecule has 2 bridgehead atoms. The molecule has 4 atom stereocenters. The van der Waals surface area contributed by atoms with E-state index in [4.69, 9.17) is 0 Å². The van der Waals surface area contributed by atoms with Gasteiger partial charge in [0.1, 0.15) is 0 Å². The lowest BCUT2D eigenvalue weighted by Gasteiger charge is -2.35. The maximum atomic E-state index is 11.2. The first-order chi connectivity index (χ1) is 7.61. The second-order valence-electron chi connectivity index (χ2n) is 4.38. The maximum absolute atomic E-state index is 11.2. The lowest BCUT2D eigenvalue weighted by atomic mass is 9.67. The zero-order valence-corrected chi connectivity index (χ0v) is 8.74. The van der Waals surface area contributed by atoms with E-state index in [-0.39, 0.29) is 11.8 Å². The zero-order chi connectivity index (χ0) is 11.7. The minimum Gasteiger partial charge on any atom is -0.481 e. The molecule has 4 unspecified atom stereocenters. The highest BCUT2D eigenvalue weighted by molar-refractivity contribution is 5.81. The van der Waals surface area contributed by atoms with E-state index in [0.717, 1.165) is 0 Å². The van der Waals surface area contributed by atoms with Crippen molar-refractivity contribution in [2.75, 3.05) is 0 Å². The molecule has 0 saturated heterocycles. The lowest BCUT2D eigenvalue weighted by molar-refractivity contribution is -0.157. The number of allylic oxidation sites excluding steroid dienone is 4. The molecule has 3 rings (SSSR count). The van der Waals surface area contributed by atoms with Gasteiger partial charge in [-0.05, 0) is 24.7 Å². The zero-order valence-electron chi connectivity index (χ0n) is 8.74. The SMILES string of the molecule is O=C(O)C1C2C=CC(CC=CC2)C1C(=O)O. The topological polar surface area (TPSA) is 74.6 Å². The summed E-state index contributed by atoms with van der Waals surface area (Å²) >= 11 is 0. The molecule has 0 radical (unpaired) electrons. The molecule has 4 nitrogen and oxygen atoms in total. The minimum absolute atomic E-state index is 0.189. The van der Waals surface area contributed by atoms with Crippen LogP contribution in [0.5, 0.6) is 0 Å². The van der Waals surface area contributed by atoms with Gasteiger partial charge in [0, 0.05) is 0 Å². The third kappa shape index (κ3) is 1.75. The molecule has 16 heavy (non-hydrogen) atoms. The monoisotopic (exact) mass is 222 g/mol. The summed E-state index contributed by atoms with van der Waals surface area (Å²) in [5.74, 6) is -3.96. The molecular weight excluding hydrogens is 208 g/mol. The average molecular weight is 222 g/mol. The Hall–Kier alpha value is -1.58. The van der Waals surface area contributed by atoms with E-state index in [1.165, 1.54) is 0 Å². The van der Waals surface area contributed by atoms with Crippen LogP contribution in [0.15, 0.2) is 24.3 Å². The molecule has 0 amide bonds. The van der Waals surface area contributed by atoms with Crippen LogP contribution >= 0.6 is 0 Å². The summed E-state index contributed by atoms with van der Waals surface area (Å²) in [7, 11) is 0. The first kappa shape index (κ1) is 10.9. The second kappa shape index (κ2) is 4.12. The summed E-state index contributed by atoms with van der Waals surface area (Å²) in [6, 6.07) is 0. The predicted octanol–water partition coefficient (Wildman–Crippen LogP) is 1.54. The van der Waals surface area contributed by atoms with Crippen molar-refractivity contribution in [3.05, 3.63) is 24.3 Å². The fourth-order valence-corrected chi connectivity index (χ4v) is 2.69. The molecule has 86 valence electrons. The van der Waals surface area contributed by atoms with Crippen molar-refractivity contribution >= 4 is 11.9 Å². The van der Waals surface area contributed by atoms with Crippen LogP contribution in [0.2, 0.25) is 0 Å². The molecule has 3 aliphatic carbocycles. The van der Waals surface area contributed by atoms with Gasteiger partial charge in [-0.15, -0.1) is 0 Å². The molecule has 0 spiro atoms. The normalized spacial score (nSPS) is 36.8. The Morgan fingerprint density at radius 1 is 0.875 bits per heavy atom. The van der Waals surface area contributed by atoms with Crippen LogP contribution in [0.4, 0.5) is 0 Å². The Kier molecular flexibility index (Phi) is 2.81. The van der Waals surface area contributed by atoms with Gasteiger partial charge < -0.3 is 10.2 Å². The van der Waals surface area contributed by atoms with Gasteiger partial charge in [0.15, 0.2) is 0 Å². The van der Waals surface area contributed by atoms with E-state index in [0.29, 0.717) is 12.8 Å². The van der Waals surface area contributed by atoms with E-state index in [1.54, 1.807) is 0 Å². The van der Waals surface area contributed by atoms with Crippen molar-refractivity contribution in [2.24, 2.45) is 23.7 Å². The molecule has 4 heteroatoms. The highest BCUT2D eigenvalue weighted by Gasteiger charge is 2.44. The van der Waals surface area contributed by atoms with Crippen molar-refractivity contribution < 1.29 is 19.8 Å². The highest BCUT2D eigenvalue weighted by atomic mass is 16.4. The first-order valence-corrected chi connectivity index (χ1v) is 5.40. The summed E-state index contributed by atoms with van der Waals surface area (Å²) in [5, 5.41) is 18.4. The molecule has 3 aliphatic rings. The quantitative estimate of drug-likeness (QED) is 0.695. The fourth-order valence-electron chi connectivity index (χ4n) is 2.69. The van der Waals surface area contributed by atoms with E-state index >= 15 is 0 Å². The van der Waals surface area contributed by atoms with Crippen molar-refractivity contribution in [3.63, 3.8) is 0 Å². The van der Waals surface area contributed by atoms with Gasteiger partial charge in [0.05, 0.1) is 11.8 Å². The second-order valence-corrected chi connectivity index (χ2v) is 4.38. The van der Waals surface area contributed by atoms with Crippen LogP contribution in [0, 0.1) is 23.7 Å². The number of hydrogen-bond donors (Lipinski definition) is 2. The summed E-state index contributed by atoms with van der Waals surface area (Å²) in [6.07, 6.45) is 8.87.